The number of hydroxylamine groups is 1. The predicted octanol–water partition coefficient (Wildman–Crippen LogP) is 6.12. The number of carbonyl (C=O) groups excluding carboxylic acids is 2. The Bertz CT molecular complexity index is 1850. The quantitative estimate of drug-likeness (QED) is 0.164. The summed E-state index contributed by atoms with van der Waals surface area (Å²) >= 11 is 6.01. The van der Waals surface area contributed by atoms with Crippen LogP contribution < -0.4 is 24.4 Å². The van der Waals surface area contributed by atoms with Gasteiger partial charge in [-0.25, -0.2) is 18.6 Å². The number of halogens is 1. The van der Waals surface area contributed by atoms with E-state index in [-0.39, 0.29) is 13.4 Å². The van der Waals surface area contributed by atoms with E-state index in [4.69, 9.17) is 30.6 Å². The highest BCUT2D eigenvalue weighted by Crippen LogP contribution is 2.36. The average molecular weight is 663 g/mol. The predicted molar refractivity (Wildman–Crippen MR) is 173 cm³/mol. The van der Waals surface area contributed by atoms with E-state index < -0.39 is 27.9 Å². The number of ether oxygens (including phenoxy) is 3. The van der Waals surface area contributed by atoms with Crippen molar-refractivity contribution in [1.82, 2.24) is 10.2 Å². The van der Waals surface area contributed by atoms with Gasteiger partial charge in [-0.1, -0.05) is 73.5 Å². The average Bonchev–Trinajstić information content (AvgIpc) is 3.52. The molecule has 10 nitrogen and oxygen atoms in total. The van der Waals surface area contributed by atoms with E-state index in [1.54, 1.807) is 72.8 Å². The van der Waals surface area contributed by atoms with E-state index >= 15 is 0 Å². The van der Waals surface area contributed by atoms with Crippen LogP contribution >= 0.6 is 11.6 Å². The Morgan fingerprint density at radius 3 is 2.54 bits per heavy atom. The minimum atomic E-state index is -4.20. The minimum absolute atomic E-state index is 0.0160. The van der Waals surface area contributed by atoms with Crippen LogP contribution in [0.25, 0.3) is 6.08 Å². The smallest absolute Gasteiger partial charge is 0.279 e. The van der Waals surface area contributed by atoms with E-state index in [1.807, 2.05) is 19.1 Å². The number of hydrogen-bond donors (Lipinski definition) is 2. The van der Waals surface area contributed by atoms with Gasteiger partial charge in [0.25, 0.3) is 21.8 Å². The summed E-state index contributed by atoms with van der Waals surface area (Å²) < 4.78 is 45.0. The molecule has 1 atom stereocenters. The summed E-state index contributed by atoms with van der Waals surface area (Å²) in [5, 5.41) is 1.47. The molecule has 0 aliphatic carbocycles. The van der Waals surface area contributed by atoms with Crippen molar-refractivity contribution < 1.29 is 37.1 Å². The lowest BCUT2D eigenvalue weighted by molar-refractivity contribution is -0.126. The van der Waals surface area contributed by atoms with Crippen molar-refractivity contribution >= 4 is 39.5 Å². The summed E-state index contributed by atoms with van der Waals surface area (Å²) in [6, 6.07) is 25.4. The molecule has 0 fully saturated rings. The molecule has 0 saturated heterocycles. The summed E-state index contributed by atoms with van der Waals surface area (Å²) in [4.78, 5) is 31.8. The van der Waals surface area contributed by atoms with Crippen molar-refractivity contribution in [3.8, 4) is 17.2 Å². The zero-order valence-electron chi connectivity index (χ0n) is 24.8. The fourth-order valence-electron chi connectivity index (χ4n) is 4.61. The van der Waals surface area contributed by atoms with Gasteiger partial charge in [0.05, 0.1) is 12.0 Å². The normalized spacial score (nSPS) is 12.9. The third-order valence-corrected chi connectivity index (χ3v) is 8.01. The molecular weight excluding hydrogens is 632 g/mol. The number of sulfonamides is 1. The van der Waals surface area contributed by atoms with Crippen molar-refractivity contribution in [2.45, 2.75) is 32.5 Å². The molecule has 4 aromatic rings. The zero-order chi connectivity index (χ0) is 32.5. The van der Waals surface area contributed by atoms with Crippen molar-refractivity contribution in [2.24, 2.45) is 0 Å². The first-order valence-corrected chi connectivity index (χ1v) is 16.3. The Morgan fingerprint density at radius 1 is 0.957 bits per heavy atom. The Balaban J connectivity index is 1.36. The van der Waals surface area contributed by atoms with Crippen LogP contribution in [0.2, 0.25) is 5.02 Å². The number of benzene rings is 4. The first kappa shape index (κ1) is 32.6. The second-order valence-corrected chi connectivity index (χ2v) is 12.3. The molecule has 0 spiro atoms. The second-order valence-electron chi connectivity index (χ2n) is 10.3. The molecule has 46 heavy (non-hydrogen) atoms. The summed E-state index contributed by atoms with van der Waals surface area (Å²) in [5.74, 6) is -0.221. The highest BCUT2D eigenvalue weighted by molar-refractivity contribution is 7.93. The molecule has 2 amide bonds. The van der Waals surface area contributed by atoms with Crippen LogP contribution in [0.5, 0.6) is 17.2 Å². The largest absolute Gasteiger partial charge is 0.475 e. The van der Waals surface area contributed by atoms with Crippen LogP contribution in [0, 0.1) is 0 Å². The van der Waals surface area contributed by atoms with E-state index in [0.29, 0.717) is 57.4 Å². The Labute approximate surface area is 271 Å². The van der Waals surface area contributed by atoms with Crippen molar-refractivity contribution in [1.29, 1.82) is 0 Å². The molecule has 1 unspecified atom stereocenters. The fourth-order valence-corrected chi connectivity index (χ4v) is 5.61. The van der Waals surface area contributed by atoms with Gasteiger partial charge in [-0.3, -0.25) is 14.4 Å². The highest BCUT2D eigenvalue weighted by Gasteiger charge is 2.29. The van der Waals surface area contributed by atoms with Gasteiger partial charge in [-0.2, -0.15) is 0 Å². The molecule has 238 valence electrons. The molecule has 12 heteroatoms. The Morgan fingerprint density at radius 2 is 1.76 bits per heavy atom. The molecule has 0 radical (unpaired) electrons. The zero-order valence-corrected chi connectivity index (χ0v) is 26.3. The number of aryl methyl sites for hydroxylation is 1. The molecule has 0 bridgehead atoms. The van der Waals surface area contributed by atoms with Crippen molar-refractivity contribution in [3.05, 3.63) is 129 Å². The Kier molecular flexibility index (Phi) is 10.6. The summed E-state index contributed by atoms with van der Waals surface area (Å²) in [7, 11) is -4.20. The van der Waals surface area contributed by atoms with Gasteiger partial charge in [0.2, 0.25) is 12.9 Å². The fraction of sp³-hybridized carbons (Fsp3) is 0.176. The number of hydrogen-bond acceptors (Lipinski definition) is 8. The van der Waals surface area contributed by atoms with E-state index in [1.165, 1.54) is 12.1 Å². The molecular formula is C34H31ClN2O8S. The topological polar surface area (TPSA) is 129 Å². The number of nitrogens with one attached hydrogen (secondary N) is 2. The minimum Gasteiger partial charge on any atom is -0.475 e. The second kappa shape index (κ2) is 15.0. The SMILES string of the molecule is CCCc1cc(C(=O)NOCc2cccc(Cl)c2)ccc1OC(C(=O)NS(=O)(=O)/C=C/c1ccccc1)c1ccc2c(c1)OCO2. The first-order chi connectivity index (χ1) is 22.2. The standard InChI is InChI=1S/C34H31ClN2O8S/c1-2-7-25-19-27(33(38)36-44-21-24-10-6-11-28(35)18-24)13-14-29(25)45-32(26-12-15-30-31(20-26)43-22-42-30)34(39)37-46(40,41)17-16-23-8-4-3-5-9-23/h3-6,8-20,32H,2,7,21-22H2,1H3,(H,36,38)(H,37,39)/b17-16+. The molecule has 5 rings (SSSR count). The van der Waals surface area contributed by atoms with Gasteiger partial charge in [-0.15, -0.1) is 0 Å². The number of amides is 2. The van der Waals surface area contributed by atoms with Crippen LogP contribution in [0.4, 0.5) is 0 Å². The lowest BCUT2D eigenvalue weighted by atomic mass is 10.0. The monoisotopic (exact) mass is 662 g/mol. The van der Waals surface area contributed by atoms with Gasteiger partial charge in [0.15, 0.2) is 11.5 Å². The maximum Gasteiger partial charge on any atom is 0.279 e. The summed E-state index contributed by atoms with van der Waals surface area (Å²) in [5.41, 5.74) is 5.13. The number of carbonyl (C=O) groups is 2. The number of rotatable bonds is 13. The van der Waals surface area contributed by atoms with Gasteiger partial charge < -0.3 is 14.2 Å². The van der Waals surface area contributed by atoms with Crippen LogP contribution in [0.15, 0.2) is 96.4 Å². The number of fused-ring (bicyclic) bond motifs is 1. The third-order valence-electron chi connectivity index (χ3n) is 6.80. The third kappa shape index (κ3) is 8.66. The van der Waals surface area contributed by atoms with Crippen LogP contribution in [-0.2, 0) is 32.7 Å². The Hall–Kier alpha value is -4.84. The van der Waals surface area contributed by atoms with Crippen molar-refractivity contribution in [2.75, 3.05) is 6.79 Å². The van der Waals surface area contributed by atoms with Crippen LogP contribution in [0.3, 0.4) is 0 Å². The lowest BCUT2D eigenvalue weighted by Crippen LogP contribution is -2.36. The van der Waals surface area contributed by atoms with Gasteiger partial charge >= 0.3 is 0 Å². The van der Waals surface area contributed by atoms with Crippen LogP contribution in [0.1, 0.15) is 52.1 Å². The molecule has 4 aromatic carbocycles. The van der Waals surface area contributed by atoms with E-state index in [2.05, 4.69) is 10.2 Å². The van der Waals surface area contributed by atoms with Crippen molar-refractivity contribution in [3.63, 3.8) is 0 Å². The van der Waals surface area contributed by atoms with Gasteiger partial charge in [0.1, 0.15) is 5.75 Å². The van der Waals surface area contributed by atoms with E-state index in [9.17, 15) is 18.0 Å². The molecule has 0 aromatic heterocycles. The molecule has 2 N–H and O–H groups in total. The maximum atomic E-state index is 13.6. The highest BCUT2D eigenvalue weighted by atomic mass is 35.5. The molecule has 1 aliphatic heterocycles. The molecule has 1 aliphatic rings. The van der Waals surface area contributed by atoms with Crippen LogP contribution in [-0.4, -0.2) is 27.0 Å². The first-order valence-electron chi connectivity index (χ1n) is 14.4. The van der Waals surface area contributed by atoms with Gasteiger partial charge in [-0.05, 0) is 71.7 Å². The summed E-state index contributed by atoms with van der Waals surface area (Å²) in [6.45, 7) is 2.09. The van der Waals surface area contributed by atoms with E-state index in [0.717, 1.165) is 11.0 Å². The maximum absolute atomic E-state index is 13.6. The lowest BCUT2D eigenvalue weighted by Gasteiger charge is -2.21. The molecule has 1 heterocycles. The van der Waals surface area contributed by atoms with Gasteiger partial charge in [0, 0.05) is 16.1 Å². The molecule has 0 saturated carbocycles. The summed E-state index contributed by atoms with van der Waals surface area (Å²) in [6.07, 6.45) is 1.19.